The minimum absolute atomic E-state index is 0.143. The molecular weight excluding hydrogens is 416 g/mol. The molecular formula is C25H26N6O2. The lowest BCUT2D eigenvalue weighted by atomic mass is 9.95. The molecule has 2 amide bonds. The maximum atomic E-state index is 12.7. The van der Waals surface area contributed by atoms with Crippen molar-refractivity contribution >= 4 is 28.9 Å². The second-order valence-electron chi connectivity index (χ2n) is 8.14. The lowest BCUT2D eigenvalue weighted by Gasteiger charge is -2.22. The van der Waals surface area contributed by atoms with E-state index >= 15 is 0 Å². The number of amides is 2. The third kappa shape index (κ3) is 5.41. The average molecular weight is 443 g/mol. The molecule has 2 aromatic heterocycles. The fraction of sp³-hybridized carbons (Fsp3) is 0.240. The maximum Gasteiger partial charge on any atom is 0.274 e. The topological polar surface area (TPSA) is 134 Å². The van der Waals surface area contributed by atoms with Gasteiger partial charge in [0.25, 0.3) is 11.8 Å². The molecule has 0 spiro atoms. The molecule has 0 atom stereocenters. The van der Waals surface area contributed by atoms with Crippen molar-refractivity contribution in [2.24, 2.45) is 0 Å². The predicted molar refractivity (Wildman–Crippen MR) is 128 cm³/mol. The van der Waals surface area contributed by atoms with Crippen LogP contribution in [0.5, 0.6) is 0 Å². The minimum atomic E-state index is -0.592. The molecule has 2 heterocycles. The molecule has 0 radical (unpaired) electrons. The van der Waals surface area contributed by atoms with E-state index in [-0.39, 0.29) is 17.7 Å². The van der Waals surface area contributed by atoms with Crippen LogP contribution in [0.4, 0.5) is 11.4 Å². The number of carbonyl (C=O) groups is 2. The molecule has 0 aliphatic heterocycles. The maximum absolute atomic E-state index is 12.7. The lowest BCUT2D eigenvalue weighted by molar-refractivity contribution is -0.110. The van der Waals surface area contributed by atoms with Gasteiger partial charge in [-0.15, -0.1) is 0 Å². The number of aromatic nitrogens is 2. The highest BCUT2D eigenvalue weighted by Crippen LogP contribution is 2.25. The zero-order valence-corrected chi connectivity index (χ0v) is 18.2. The molecule has 1 aromatic carbocycles. The third-order valence-electron chi connectivity index (χ3n) is 5.74. The number of pyridine rings is 2. The fourth-order valence-corrected chi connectivity index (χ4v) is 3.94. The highest BCUT2D eigenvalue weighted by atomic mass is 16.2. The third-order valence-corrected chi connectivity index (χ3v) is 5.74. The largest absolute Gasteiger partial charge is 0.398 e. The van der Waals surface area contributed by atoms with Gasteiger partial charge < -0.3 is 16.4 Å². The van der Waals surface area contributed by atoms with Crippen molar-refractivity contribution in [3.05, 3.63) is 72.3 Å². The van der Waals surface area contributed by atoms with Crippen molar-refractivity contribution in [1.82, 2.24) is 15.3 Å². The zero-order chi connectivity index (χ0) is 23.2. The van der Waals surface area contributed by atoms with Crippen LogP contribution in [0.2, 0.25) is 0 Å². The molecule has 1 saturated carbocycles. The Bertz CT molecular complexity index is 1170. The number of rotatable bonds is 6. The molecule has 0 saturated heterocycles. The van der Waals surface area contributed by atoms with E-state index in [1.165, 1.54) is 12.6 Å². The summed E-state index contributed by atoms with van der Waals surface area (Å²) in [5, 5.41) is 14.1. The Labute approximate surface area is 192 Å². The van der Waals surface area contributed by atoms with Crippen LogP contribution in [0.15, 0.2) is 61.2 Å². The normalized spacial score (nSPS) is 13.8. The van der Waals surface area contributed by atoms with Crippen molar-refractivity contribution < 1.29 is 9.59 Å². The summed E-state index contributed by atoms with van der Waals surface area (Å²) >= 11 is 0. The van der Waals surface area contributed by atoms with Crippen LogP contribution in [0, 0.1) is 5.41 Å². The minimum Gasteiger partial charge on any atom is -0.398 e. The van der Waals surface area contributed by atoms with Crippen LogP contribution in [0.25, 0.3) is 11.1 Å². The summed E-state index contributed by atoms with van der Waals surface area (Å²) in [4.78, 5) is 33.5. The summed E-state index contributed by atoms with van der Waals surface area (Å²) < 4.78 is 0. The van der Waals surface area contributed by atoms with Crippen LogP contribution in [0.3, 0.4) is 0 Å². The number of nitrogens with two attached hydrogens (primary N) is 1. The summed E-state index contributed by atoms with van der Waals surface area (Å²) in [7, 11) is 0. The molecule has 168 valence electrons. The van der Waals surface area contributed by atoms with E-state index in [0.717, 1.165) is 25.7 Å². The Kier molecular flexibility index (Phi) is 6.73. The SMILES string of the molecule is N=C(C(=O)Nc1cccnc1)c1cc(-c2cncc(C(=O)NC3CCCCC3)c2)ccc1N. The van der Waals surface area contributed by atoms with E-state index in [0.29, 0.717) is 33.6 Å². The predicted octanol–water partition coefficient (Wildman–Crippen LogP) is 3.79. The second kappa shape index (κ2) is 10.0. The second-order valence-corrected chi connectivity index (χ2v) is 8.14. The summed E-state index contributed by atoms with van der Waals surface area (Å²) in [6, 6.07) is 10.4. The fourth-order valence-electron chi connectivity index (χ4n) is 3.94. The van der Waals surface area contributed by atoms with Crippen molar-refractivity contribution in [1.29, 1.82) is 5.41 Å². The zero-order valence-electron chi connectivity index (χ0n) is 18.2. The molecule has 3 aromatic rings. The Balaban J connectivity index is 1.53. The standard InChI is InChI=1S/C25H26N6O2/c26-22-9-8-16(12-21(22)23(27)25(33)31-20-7-4-10-28-15-20)17-11-18(14-29-13-17)24(32)30-19-5-2-1-3-6-19/h4,7-15,19,27H,1-3,5-6,26H2,(H,30,32)(H,31,33). The van der Waals surface area contributed by atoms with Gasteiger partial charge in [0.1, 0.15) is 5.71 Å². The van der Waals surface area contributed by atoms with Gasteiger partial charge in [0.2, 0.25) is 0 Å². The van der Waals surface area contributed by atoms with Gasteiger partial charge in [0, 0.05) is 41.4 Å². The van der Waals surface area contributed by atoms with Crippen LogP contribution < -0.4 is 16.4 Å². The molecule has 8 heteroatoms. The molecule has 8 nitrogen and oxygen atoms in total. The Morgan fingerprint density at radius 2 is 1.79 bits per heavy atom. The number of anilines is 2. The van der Waals surface area contributed by atoms with E-state index < -0.39 is 5.91 Å². The van der Waals surface area contributed by atoms with Crippen LogP contribution >= 0.6 is 0 Å². The Hall–Kier alpha value is -4.07. The number of nitrogen functional groups attached to an aromatic ring is 1. The van der Waals surface area contributed by atoms with Gasteiger partial charge >= 0.3 is 0 Å². The first-order chi connectivity index (χ1) is 16.0. The monoisotopic (exact) mass is 442 g/mol. The van der Waals surface area contributed by atoms with Crippen LogP contribution in [-0.4, -0.2) is 33.5 Å². The molecule has 5 N–H and O–H groups in total. The van der Waals surface area contributed by atoms with Gasteiger partial charge in [-0.05, 0) is 48.7 Å². The van der Waals surface area contributed by atoms with E-state index in [2.05, 4.69) is 20.6 Å². The number of hydrogen-bond acceptors (Lipinski definition) is 6. The molecule has 1 fully saturated rings. The summed E-state index contributed by atoms with van der Waals surface area (Å²) in [5.41, 5.74) is 8.78. The van der Waals surface area contributed by atoms with E-state index in [1.54, 1.807) is 55.0 Å². The van der Waals surface area contributed by atoms with Gasteiger partial charge in [0.05, 0.1) is 17.4 Å². The van der Waals surface area contributed by atoms with Gasteiger partial charge in [-0.3, -0.25) is 25.0 Å². The number of nitrogens with zero attached hydrogens (tertiary/aromatic N) is 2. The van der Waals surface area contributed by atoms with E-state index in [9.17, 15) is 9.59 Å². The van der Waals surface area contributed by atoms with Gasteiger partial charge in [-0.25, -0.2) is 0 Å². The highest BCUT2D eigenvalue weighted by Gasteiger charge is 2.19. The highest BCUT2D eigenvalue weighted by molar-refractivity contribution is 6.48. The van der Waals surface area contributed by atoms with Crippen molar-refractivity contribution in [2.45, 2.75) is 38.1 Å². The summed E-state index contributed by atoms with van der Waals surface area (Å²) in [5.74, 6) is -0.735. The number of carbonyl (C=O) groups excluding carboxylic acids is 2. The summed E-state index contributed by atoms with van der Waals surface area (Å²) in [6.45, 7) is 0. The van der Waals surface area contributed by atoms with E-state index in [4.69, 9.17) is 11.1 Å². The molecule has 33 heavy (non-hydrogen) atoms. The van der Waals surface area contributed by atoms with Gasteiger partial charge in [-0.2, -0.15) is 0 Å². The molecule has 4 rings (SSSR count). The first-order valence-electron chi connectivity index (χ1n) is 11.0. The quantitative estimate of drug-likeness (QED) is 0.340. The van der Waals surface area contributed by atoms with Crippen LogP contribution in [0.1, 0.15) is 48.0 Å². The number of benzene rings is 1. The smallest absolute Gasteiger partial charge is 0.274 e. The van der Waals surface area contributed by atoms with Crippen LogP contribution in [-0.2, 0) is 4.79 Å². The molecule has 0 bridgehead atoms. The average Bonchev–Trinajstić information content (AvgIpc) is 2.85. The lowest BCUT2D eigenvalue weighted by Crippen LogP contribution is -2.36. The first kappa shape index (κ1) is 22.1. The van der Waals surface area contributed by atoms with Crippen molar-refractivity contribution in [3.8, 4) is 11.1 Å². The first-order valence-corrected chi connectivity index (χ1v) is 11.0. The molecule has 1 aliphatic carbocycles. The molecule has 0 unspecified atom stereocenters. The Morgan fingerprint density at radius 3 is 2.55 bits per heavy atom. The van der Waals surface area contributed by atoms with Crippen molar-refractivity contribution in [3.63, 3.8) is 0 Å². The number of hydrogen-bond donors (Lipinski definition) is 4. The van der Waals surface area contributed by atoms with Gasteiger partial charge in [-0.1, -0.05) is 25.3 Å². The summed E-state index contributed by atoms with van der Waals surface area (Å²) in [6.07, 6.45) is 11.8. The number of nitrogens with one attached hydrogen (secondary N) is 3. The molecule has 1 aliphatic rings. The van der Waals surface area contributed by atoms with Gasteiger partial charge in [0.15, 0.2) is 0 Å². The van der Waals surface area contributed by atoms with E-state index in [1.807, 2.05) is 0 Å². The van der Waals surface area contributed by atoms with Crippen molar-refractivity contribution in [2.75, 3.05) is 11.1 Å². The Morgan fingerprint density at radius 1 is 0.970 bits per heavy atom.